The summed E-state index contributed by atoms with van der Waals surface area (Å²) in [6, 6.07) is 7.97. The van der Waals surface area contributed by atoms with Crippen molar-refractivity contribution in [2.75, 3.05) is 40.1 Å². The molecule has 2 aliphatic rings. The quantitative estimate of drug-likeness (QED) is 0.884. The molecule has 0 unspecified atom stereocenters. The van der Waals surface area contributed by atoms with Crippen LogP contribution in [0.25, 0.3) is 0 Å². The Morgan fingerprint density at radius 3 is 2.84 bits per heavy atom. The number of amides is 1. The number of quaternary nitrogens is 1. The molecule has 0 atom stereocenters. The Morgan fingerprint density at radius 2 is 2.04 bits per heavy atom. The summed E-state index contributed by atoms with van der Waals surface area (Å²) in [7, 11) is 1.60. The second-order valence-corrected chi connectivity index (χ2v) is 7.14. The van der Waals surface area contributed by atoms with E-state index >= 15 is 0 Å². The van der Waals surface area contributed by atoms with Gasteiger partial charge < -0.3 is 24.0 Å². The third kappa shape index (κ3) is 3.29. The molecule has 0 aliphatic carbocycles. The van der Waals surface area contributed by atoms with E-state index in [1.807, 2.05) is 22.4 Å². The molecule has 1 amide bonds. The lowest BCUT2D eigenvalue weighted by Gasteiger charge is -2.32. The molecule has 4 rings (SSSR count). The molecule has 2 aromatic rings. The van der Waals surface area contributed by atoms with Gasteiger partial charge in [0, 0.05) is 5.56 Å². The highest BCUT2D eigenvalue weighted by Crippen LogP contribution is 2.32. The molecule has 132 valence electrons. The molecule has 3 heterocycles. The second kappa shape index (κ2) is 6.93. The number of rotatable bonds is 4. The van der Waals surface area contributed by atoms with Crippen molar-refractivity contribution in [2.45, 2.75) is 6.54 Å². The summed E-state index contributed by atoms with van der Waals surface area (Å²) in [5.41, 5.74) is 1.24. The minimum Gasteiger partial charge on any atom is -0.495 e. The van der Waals surface area contributed by atoms with Crippen molar-refractivity contribution in [3.05, 3.63) is 40.1 Å². The Hall–Kier alpha value is -2.25. The van der Waals surface area contributed by atoms with Crippen molar-refractivity contribution < 1.29 is 23.9 Å². The van der Waals surface area contributed by atoms with Crippen LogP contribution in [0.3, 0.4) is 0 Å². The van der Waals surface area contributed by atoms with Gasteiger partial charge in [0.15, 0.2) is 11.5 Å². The number of nitrogens with zero attached hydrogens (tertiary/aromatic N) is 1. The van der Waals surface area contributed by atoms with Gasteiger partial charge >= 0.3 is 0 Å². The summed E-state index contributed by atoms with van der Waals surface area (Å²) in [6.45, 7) is 4.64. The van der Waals surface area contributed by atoms with Gasteiger partial charge in [-0.25, -0.2) is 0 Å². The largest absolute Gasteiger partial charge is 0.495 e. The van der Waals surface area contributed by atoms with Crippen LogP contribution < -0.4 is 19.1 Å². The highest BCUT2D eigenvalue weighted by atomic mass is 32.1. The highest BCUT2D eigenvalue weighted by molar-refractivity contribution is 7.12. The maximum atomic E-state index is 12.7. The molecular weight excluding hydrogens is 340 g/mol. The monoisotopic (exact) mass is 361 g/mol. The average Bonchev–Trinajstić information content (AvgIpc) is 3.30. The van der Waals surface area contributed by atoms with E-state index in [0.29, 0.717) is 17.4 Å². The fourth-order valence-corrected chi connectivity index (χ4v) is 4.13. The molecule has 0 spiro atoms. The first kappa shape index (κ1) is 16.2. The van der Waals surface area contributed by atoms with Crippen LogP contribution in [0.15, 0.2) is 29.6 Å². The minimum absolute atomic E-state index is 0.0778. The number of hydrogen-bond acceptors (Lipinski definition) is 5. The smallest absolute Gasteiger partial charge is 0.268 e. The van der Waals surface area contributed by atoms with E-state index in [4.69, 9.17) is 14.2 Å². The standard InChI is InChI=1S/C18H20N2O4S/c1-22-15-4-9-25-17(15)18(21)20-7-5-19(6-8-20)11-13-2-3-14-16(10-13)24-12-23-14/h2-4,9-10H,5-8,11-12H2,1H3/p+1. The third-order valence-corrected chi connectivity index (χ3v) is 5.58. The molecule has 1 N–H and O–H groups in total. The summed E-state index contributed by atoms with van der Waals surface area (Å²) in [5.74, 6) is 2.40. The Kier molecular flexibility index (Phi) is 4.50. The zero-order valence-corrected chi connectivity index (χ0v) is 14.9. The van der Waals surface area contributed by atoms with Crippen molar-refractivity contribution in [1.82, 2.24) is 4.90 Å². The fourth-order valence-electron chi connectivity index (χ4n) is 3.30. The van der Waals surface area contributed by atoms with Crippen LogP contribution >= 0.6 is 11.3 Å². The Bertz CT molecular complexity index is 768. The van der Waals surface area contributed by atoms with Crippen LogP contribution in [0.5, 0.6) is 17.2 Å². The number of nitrogens with one attached hydrogen (secondary N) is 1. The lowest BCUT2D eigenvalue weighted by Crippen LogP contribution is -3.13. The highest BCUT2D eigenvalue weighted by Gasteiger charge is 2.27. The number of methoxy groups -OCH3 is 1. The Labute approximate surface area is 150 Å². The van der Waals surface area contributed by atoms with Crippen LogP contribution in [-0.2, 0) is 6.54 Å². The van der Waals surface area contributed by atoms with Crippen LogP contribution in [0.4, 0.5) is 0 Å². The average molecular weight is 361 g/mol. The predicted molar refractivity (Wildman–Crippen MR) is 93.7 cm³/mol. The number of fused-ring (bicyclic) bond motifs is 1. The summed E-state index contributed by atoms with van der Waals surface area (Å²) in [4.78, 5) is 16.7. The van der Waals surface area contributed by atoms with Crippen LogP contribution in [0.1, 0.15) is 15.2 Å². The van der Waals surface area contributed by atoms with E-state index in [9.17, 15) is 4.79 Å². The fraction of sp³-hybridized carbons (Fsp3) is 0.389. The number of carbonyl (C=O) groups is 1. The molecule has 0 saturated carbocycles. The van der Waals surface area contributed by atoms with Gasteiger partial charge in [-0.2, -0.15) is 0 Å². The molecule has 6 nitrogen and oxygen atoms in total. The van der Waals surface area contributed by atoms with Gasteiger partial charge in [0.25, 0.3) is 5.91 Å². The van der Waals surface area contributed by atoms with E-state index in [1.54, 1.807) is 7.11 Å². The number of piperazine rings is 1. The first-order chi connectivity index (χ1) is 12.2. The van der Waals surface area contributed by atoms with Crippen LogP contribution in [-0.4, -0.2) is 50.9 Å². The van der Waals surface area contributed by atoms with Gasteiger partial charge in [-0.3, -0.25) is 4.79 Å². The number of carbonyl (C=O) groups excluding carboxylic acids is 1. The lowest BCUT2D eigenvalue weighted by molar-refractivity contribution is -0.917. The summed E-state index contributed by atoms with van der Waals surface area (Å²) in [5, 5.41) is 1.90. The predicted octanol–water partition coefficient (Wildman–Crippen LogP) is 1.03. The minimum atomic E-state index is 0.0778. The molecular formula is C18H21N2O4S+. The maximum Gasteiger partial charge on any atom is 0.268 e. The van der Waals surface area contributed by atoms with Crippen molar-refractivity contribution in [3.8, 4) is 17.2 Å². The topological polar surface area (TPSA) is 52.4 Å². The van der Waals surface area contributed by atoms with Crippen LogP contribution in [0, 0.1) is 0 Å². The zero-order chi connectivity index (χ0) is 17.2. The summed E-state index contributed by atoms with van der Waals surface area (Å²) < 4.78 is 16.1. The van der Waals surface area contributed by atoms with Gasteiger partial charge in [0.2, 0.25) is 6.79 Å². The molecule has 1 saturated heterocycles. The normalized spacial score (nSPS) is 16.9. The van der Waals surface area contributed by atoms with Crippen molar-refractivity contribution >= 4 is 17.2 Å². The van der Waals surface area contributed by atoms with Crippen LogP contribution in [0.2, 0.25) is 0 Å². The van der Waals surface area contributed by atoms with E-state index in [1.165, 1.54) is 21.8 Å². The summed E-state index contributed by atoms with van der Waals surface area (Å²) in [6.07, 6.45) is 0. The maximum absolute atomic E-state index is 12.7. The van der Waals surface area contributed by atoms with E-state index in [-0.39, 0.29) is 5.91 Å². The number of benzene rings is 1. The third-order valence-electron chi connectivity index (χ3n) is 4.69. The van der Waals surface area contributed by atoms with Gasteiger partial charge in [-0.05, 0) is 29.6 Å². The van der Waals surface area contributed by atoms with Crippen molar-refractivity contribution in [1.29, 1.82) is 0 Å². The van der Waals surface area contributed by atoms with Gasteiger partial charge in [-0.15, -0.1) is 11.3 Å². The lowest BCUT2D eigenvalue weighted by atomic mass is 10.1. The molecule has 1 aromatic carbocycles. The van der Waals surface area contributed by atoms with Crippen molar-refractivity contribution in [2.24, 2.45) is 0 Å². The molecule has 2 aliphatic heterocycles. The first-order valence-corrected chi connectivity index (χ1v) is 9.25. The molecule has 1 fully saturated rings. The number of hydrogen-bond donors (Lipinski definition) is 1. The van der Waals surface area contributed by atoms with E-state index < -0.39 is 0 Å². The van der Waals surface area contributed by atoms with Gasteiger partial charge in [-0.1, -0.05) is 0 Å². The molecule has 7 heteroatoms. The SMILES string of the molecule is COc1ccsc1C(=O)N1CC[NH+](Cc2ccc3c(c2)OCO3)CC1. The molecule has 1 aromatic heterocycles. The zero-order valence-electron chi connectivity index (χ0n) is 14.1. The number of thiophene rings is 1. The van der Waals surface area contributed by atoms with Crippen molar-refractivity contribution in [3.63, 3.8) is 0 Å². The molecule has 0 bridgehead atoms. The molecule has 0 radical (unpaired) electrons. The van der Waals surface area contributed by atoms with E-state index in [0.717, 1.165) is 44.2 Å². The number of ether oxygens (including phenoxy) is 3. The summed E-state index contributed by atoms with van der Waals surface area (Å²) >= 11 is 1.44. The molecule has 25 heavy (non-hydrogen) atoms. The Balaban J connectivity index is 1.34. The Morgan fingerprint density at radius 1 is 1.24 bits per heavy atom. The van der Waals surface area contributed by atoms with Gasteiger partial charge in [0.05, 0.1) is 33.3 Å². The van der Waals surface area contributed by atoms with Gasteiger partial charge in [0.1, 0.15) is 17.2 Å². The first-order valence-electron chi connectivity index (χ1n) is 8.37. The van der Waals surface area contributed by atoms with E-state index in [2.05, 4.69) is 12.1 Å². The second-order valence-electron chi connectivity index (χ2n) is 6.22.